The summed E-state index contributed by atoms with van der Waals surface area (Å²) in [5.41, 5.74) is 1.13. The Bertz CT molecular complexity index is 706. The Balaban J connectivity index is 2.50. The van der Waals surface area contributed by atoms with Gasteiger partial charge in [0.15, 0.2) is 0 Å². The van der Waals surface area contributed by atoms with Crippen molar-refractivity contribution < 1.29 is 14.6 Å². The van der Waals surface area contributed by atoms with Crippen LogP contribution in [0.3, 0.4) is 0 Å². The molecule has 1 heterocycles. The standard InChI is InChI=1S/C17H19NO4/c1-3-22-15(20)10-13(12-7-5-4-6-8-12)16-14(19)9-11(2)18-17(16)21/h4-9,13H,3,10H2,1-2H3,(H2,18,19,21). The van der Waals surface area contributed by atoms with Gasteiger partial charge in [0, 0.05) is 11.6 Å². The van der Waals surface area contributed by atoms with E-state index in [4.69, 9.17) is 4.74 Å². The third kappa shape index (κ3) is 3.55. The number of aromatic amines is 1. The van der Waals surface area contributed by atoms with E-state index in [9.17, 15) is 14.7 Å². The van der Waals surface area contributed by atoms with Gasteiger partial charge < -0.3 is 14.8 Å². The monoisotopic (exact) mass is 301 g/mol. The van der Waals surface area contributed by atoms with Crippen molar-refractivity contribution in [1.29, 1.82) is 0 Å². The number of ether oxygens (including phenoxy) is 1. The Morgan fingerprint density at radius 1 is 1.32 bits per heavy atom. The summed E-state index contributed by atoms with van der Waals surface area (Å²) in [6, 6.07) is 10.6. The minimum atomic E-state index is -0.551. The van der Waals surface area contributed by atoms with E-state index in [2.05, 4.69) is 4.98 Å². The fourth-order valence-corrected chi connectivity index (χ4v) is 2.48. The van der Waals surface area contributed by atoms with E-state index in [0.717, 1.165) is 5.56 Å². The number of carbonyl (C=O) groups is 1. The molecule has 0 radical (unpaired) electrons. The minimum Gasteiger partial charge on any atom is -0.507 e. The lowest BCUT2D eigenvalue weighted by Crippen LogP contribution is -2.21. The smallest absolute Gasteiger partial charge is 0.306 e. The number of nitrogens with one attached hydrogen (secondary N) is 1. The number of hydrogen-bond donors (Lipinski definition) is 2. The van der Waals surface area contributed by atoms with E-state index in [1.54, 1.807) is 13.8 Å². The highest BCUT2D eigenvalue weighted by Crippen LogP contribution is 2.31. The first-order valence-electron chi connectivity index (χ1n) is 7.16. The molecule has 0 saturated carbocycles. The van der Waals surface area contributed by atoms with Crippen LogP contribution < -0.4 is 5.56 Å². The normalized spacial score (nSPS) is 11.9. The third-order valence-corrected chi connectivity index (χ3v) is 3.41. The molecule has 5 heteroatoms. The molecule has 0 saturated heterocycles. The SMILES string of the molecule is CCOC(=O)CC(c1ccccc1)c1c(O)cc(C)[nH]c1=O. The van der Waals surface area contributed by atoms with Crippen LogP contribution in [0.4, 0.5) is 0 Å². The summed E-state index contributed by atoms with van der Waals surface area (Å²) in [5, 5.41) is 10.2. The highest BCUT2D eigenvalue weighted by Gasteiger charge is 2.25. The fraction of sp³-hybridized carbons (Fsp3) is 0.294. The summed E-state index contributed by atoms with van der Waals surface area (Å²) < 4.78 is 4.99. The maximum absolute atomic E-state index is 12.2. The van der Waals surface area contributed by atoms with E-state index in [0.29, 0.717) is 5.69 Å². The number of carbonyl (C=O) groups excluding carboxylic acids is 1. The van der Waals surface area contributed by atoms with Gasteiger partial charge in [0.25, 0.3) is 5.56 Å². The second-order valence-corrected chi connectivity index (χ2v) is 5.05. The van der Waals surface area contributed by atoms with Gasteiger partial charge in [-0.3, -0.25) is 9.59 Å². The van der Waals surface area contributed by atoms with E-state index < -0.39 is 17.4 Å². The molecular weight excluding hydrogens is 282 g/mol. The van der Waals surface area contributed by atoms with Crippen molar-refractivity contribution in [3.63, 3.8) is 0 Å². The summed E-state index contributed by atoms with van der Waals surface area (Å²) in [7, 11) is 0. The number of benzene rings is 1. The van der Waals surface area contributed by atoms with Crippen LogP contribution in [0, 0.1) is 6.92 Å². The zero-order valence-corrected chi connectivity index (χ0v) is 12.6. The van der Waals surface area contributed by atoms with E-state index in [1.165, 1.54) is 6.07 Å². The van der Waals surface area contributed by atoms with Crippen molar-refractivity contribution >= 4 is 5.97 Å². The summed E-state index contributed by atoms with van der Waals surface area (Å²) >= 11 is 0. The van der Waals surface area contributed by atoms with Crippen molar-refractivity contribution in [2.24, 2.45) is 0 Å². The molecule has 22 heavy (non-hydrogen) atoms. The van der Waals surface area contributed by atoms with Crippen molar-refractivity contribution in [3.8, 4) is 5.75 Å². The largest absolute Gasteiger partial charge is 0.507 e. The van der Waals surface area contributed by atoms with Gasteiger partial charge in [0.1, 0.15) is 5.75 Å². The molecule has 0 aliphatic rings. The van der Waals surface area contributed by atoms with Crippen molar-refractivity contribution in [2.45, 2.75) is 26.2 Å². The molecule has 0 bridgehead atoms. The topological polar surface area (TPSA) is 79.4 Å². The first kappa shape index (κ1) is 15.8. The Morgan fingerprint density at radius 2 is 2.00 bits per heavy atom. The molecule has 0 aliphatic heterocycles. The van der Waals surface area contributed by atoms with Gasteiger partial charge in [-0.15, -0.1) is 0 Å². The van der Waals surface area contributed by atoms with Crippen molar-refractivity contribution in [2.75, 3.05) is 6.61 Å². The number of aromatic nitrogens is 1. The average molecular weight is 301 g/mol. The molecule has 1 unspecified atom stereocenters. The lowest BCUT2D eigenvalue weighted by Gasteiger charge is -2.17. The van der Waals surface area contributed by atoms with E-state index in [-0.39, 0.29) is 24.3 Å². The lowest BCUT2D eigenvalue weighted by atomic mass is 9.88. The van der Waals surface area contributed by atoms with E-state index >= 15 is 0 Å². The van der Waals surface area contributed by atoms with Crippen LogP contribution in [0.1, 0.15) is 36.1 Å². The van der Waals surface area contributed by atoms with Gasteiger partial charge >= 0.3 is 5.97 Å². The van der Waals surface area contributed by atoms with Crippen LogP contribution in [-0.2, 0) is 9.53 Å². The number of H-pyrrole nitrogens is 1. The Morgan fingerprint density at radius 3 is 2.59 bits per heavy atom. The summed E-state index contributed by atoms with van der Waals surface area (Å²) in [6.07, 6.45) is -0.00243. The maximum Gasteiger partial charge on any atom is 0.306 e. The van der Waals surface area contributed by atoms with Crippen LogP contribution in [0.25, 0.3) is 0 Å². The molecule has 0 amide bonds. The second-order valence-electron chi connectivity index (χ2n) is 5.05. The van der Waals surface area contributed by atoms with Gasteiger partial charge in [-0.2, -0.15) is 0 Å². The quantitative estimate of drug-likeness (QED) is 0.831. The molecule has 0 fully saturated rings. The third-order valence-electron chi connectivity index (χ3n) is 3.41. The lowest BCUT2D eigenvalue weighted by molar-refractivity contribution is -0.143. The predicted octanol–water partition coefficient (Wildman–Crippen LogP) is 2.47. The predicted molar refractivity (Wildman–Crippen MR) is 83.0 cm³/mol. The Kier molecular flexibility index (Phi) is 4.99. The first-order valence-corrected chi connectivity index (χ1v) is 7.16. The zero-order chi connectivity index (χ0) is 16.1. The molecule has 1 atom stereocenters. The van der Waals surface area contributed by atoms with E-state index in [1.807, 2.05) is 30.3 Å². The molecule has 2 rings (SSSR count). The summed E-state index contributed by atoms with van der Waals surface area (Å²) in [6.45, 7) is 3.69. The van der Waals surface area contributed by atoms with Gasteiger partial charge in [0.05, 0.1) is 18.6 Å². The van der Waals surface area contributed by atoms with Crippen molar-refractivity contribution in [1.82, 2.24) is 4.98 Å². The van der Waals surface area contributed by atoms with Gasteiger partial charge in [-0.05, 0) is 25.5 Å². The van der Waals surface area contributed by atoms with Crippen LogP contribution in [0.5, 0.6) is 5.75 Å². The molecule has 2 aromatic rings. The number of pyridine rings is 1. The molecule has 5 nitrogen and oxygen atoms in total. The van der Waals surface area contributed by atoms with Crippen LogP contribution in [0.15, 0.2) is 41.2 Å². The molecule has 0 spiro atoms. The second kappa shape index (κ2) is 6.93. The van der Waals surface area contributed by atoms with Crippen molar-refractivity contribution in [3.05, 3.63) is 63.6 Å². The van der Waals surface area contributed by atoms with Crippen LogP contribution in [0.2, 0.25) is 0 Å². The van der Waals surface area contributed by atoms with Gasteiger partial charge in [-0.25, -0.2) is 0 Å². The van der Waals surface area contributed by atoms with Gasteiger partial charge in [-0.1, -0.05) is 30.3 Å². The number of esters is 1. The fourth-order valence-electron chi connectivity index (χ4n) is 2.48. The molecule has 0 aliphatic carbocycles. The summed E-state index contributed by atoms with van der Waals surface area (Å²) in [5.74, 6) is -1.07. The summed E-state index contributed by atoms with van der Waals surface area (Å²) in [4.78, 5) is 26.8. The minimum absolute atomic E-state index is 0.00243. The molecule has 1 aromatic carbocycles. The molecule has 2 N–H and O–H groups in total. The van der Waals surface area contributed by atoms with Crippen LogP contribution in [-0.4, -0.2) is 22.7 Å². The van der Waals surface area contributed by atoms with Crippen LogP contribution >= 0.6 is 0 Å². The molecule has 1 aromatic heterocycles. The highest BCUT2D eigenvalue weighted by molar-refractivity contribution is 5.71. The number of hydrogen-bond acceptors (Lipinski definition) is 4. The highest BCUT2D eigenvalue weighted by atomic mass is 16.5. The molecule has 116 valence electrons. The number of rotatable bonds is 5. The first-order chi connectivity index (χ1) is 10.5. The maximum atomic E-state index is 12.2. The number of aromatic hydroxyl groups is 1. The zero-order valence-electron chi connectivity index (χ0n) is 12.6. The average Bonchev–Trinajstić information content (AvgIpc) is 2.46. The number of aryl methyl sites for hydroxylation is 1. The Labute approximate surface area is 128 Å². The Hall–Kier alpha value is -2.56. The van der Waals surface area contributed by atoms with Gasteiger partial charge in [0.2, 0.25) is 0 Å². The molecular formula is C17H19NO4.